The molecule has 0 bridgehead atoms. The van der Waals surface area contributed by atoms with Crippen molar-refractivity contribution in [3.05, 3.63) is 125 Å². The van der Waals surface area contributed by atoms with E-state index in [1.807, 2.05) is 6.92 Å². The van der Waals surface area contributed by atoms with Crippen molar-refractivity contribution in [1.29, 1.82) is 0 Å². The first-order chi connectivity index (χ1) is 22.0. The van der Waals surface area contributed by atoms with Gasteiger partial charge in [-0.25, -0.2) is 19.0 Å². The molecule has 4 N–H and O–H groups in total. The highest BCUT2D eigenvalue weighted by atomic mass is 79.9. The number of carboxylic acid groups (broad SMARTS) is 2. The molecule has 2 heterocycles. The van der Waals surface area contributed by atoms with Gasteiger partial charge >= 0.3 is 11.9 Å². The third-order valence-corrected chi connectivity index (χ3v) is 8.14. The minimum Gasteiger partial charge on any atom is -0.493 e. The van der Waals surface area contributed by atoms with E-state index in [9.17, 15) is 29.4 Å². The third-order valence-electron chi connectivity index (χ3n) is 7.55. The van der Waals surface area contributed by atoms with Gasteiger partial charge in [0.25, 0.3) is 11.1 Å². The lowest BCUT2D eigenvalue weighted by Crippen LogP contribution is -2.25. The SMILES string of the molecule is CCCOc1c(Br)cc(C(c2c(C)[nH]n(-c3cccc(C(=O)O)c3)c2=O)c2c(C)[nH]n(-c3cccc(C(=O)O)c3)c2=O)cc1OC. The van der Waals surface area contributed by atoms with E-state index in [1.165, 1.54) is 52.9 Å². The summed E-state index contributed by atoms with van der Waals surface area (Å²) in [6.45, 7) is 5.81. The molecule has 0 aliphatic rings. The number of halogens is 1. The lowest BCUT2D eigenvalue weighted by Gasteiger charge is -2.19. The number of hydrogen-bond donors (Lipinski definition) is 4. The summed E-state index contributed by atoms with van der Waals surface area (Å²) in [5.74, 6) is -2.39. The third kappa shape index (κ3) is 5.88. The van der Waals surface area contributed by atoms with Crippen LogP contribution in [0.25, 0.3) is 11.4 Å². The van der Waals surface area contributed by atoms with Gasteiger partial charge in [0, 0.05) is 17.3 Å². The van der Waals surface area contributed by atoms with E-state index in [4.69, 9.17) is 9.47 Å². The summed E-state index contributed by atoms with van der Waals surface area (Å²) in [7, 11) is 1.49. The number of nitrogens with zero attached hydrogens (tertiary/aromatic N) is 2. The van der Waals surface area contributed by atoms with Crippen LogP contribution in [0.5, 0.6) is 11.5 Å². The minimum atomic E-state index is -1.14. The molecule has 2 aromatic heterocycles. The lowest BCUT2D eigenvalue weighted by atomic mass is 9.85. The Labute approximate surface area is 270 Å². The molecular formula is C33H31BrN4O8. The summed E-state index contributed by atoms with van der Waals surface area (Å²) in [4.78, 5) is 51.8. The van der Waals surface area contributed by atoms with E-state index in [1.54, 1.807) is 38.1 Å². The smallest absolute Gasteiger partial charge is 0.335 e. The van der Waals surface area contributed by atoms with E-state index in [2.05, 4.69) is 26.1 Å². The van der Waals surface area contributed by atoms with Crippen molar-refractivity contribution in [1.82, 2.24) is 19.6 Å². The molecule has 0 radical (unpaired) electrons. The molecule has 0 saturated carbocycles. The van der Waals surface area contributed by atoms with Gasteiger partial charge in [-0.3, -0.25) is 19.8 Å². The fourth-order valence-electron chi connectivity index (χ4n) is 5.45. The molecule has 0 aliphatic carbocycles. The van der Waals surface area contributed by atoms with E-state index in [-0.39, 0.29) is 22.3 Å². The molecule has 0 atom stereocenters. The number of benzene rings is 3. The number of methoxy groups -OCH3 is 1. The maximum atomic E-state index is 14.3. The van der Waals surface area contributed by atoms with E-state index < -0.39 is 29.0 Å². The number of ether oxygens (including phenoxy) is 2. The standard InChI is InChI=1S/C33H31BrN4O8/c1-5-12-46-29-24(34)15-21(16-25(29)45-4)28(26-17(2)35-37(30(26)39)22-10-6-8-19(13-22)32(41)42)27-18(3)36-38(31(27)40)23-11-7-9-20(14-23)33(43)44/h6-11,13-16,28,35-36H,5,12H2,1-4H3,(H,41,42)(H,43,44). The van der Waals surface area contributed by atoms with E-state index in [0.717, 1.165) is 6.42 Å². The van der Waals surface area contributed by atoms with Crippen molar-refractivity contribution in [2.24, 2.45) is 0 Å². The molecule has 0 unspecified atom stereocenters. The molecule has 3 aromatic carbocycles. The number of aromatic carboxylic acids is 2. The zero-order valence-electron chi connectivity index (χ0n) is 25.4. The number of carbonyl (C=O) groups is 2. The van der Waals surface area contributed by atoms with Crippen molar-refractivity contribution >= 4 is 27.9 Å². The van der Waals surface area contributed by atoms with Gasteiger partial charge < -0.3 is 19.7 Å². The number of hydrogen-bond acceptors (Lipinski definition) is 6. The largest absolute Gasteiger partial charge is 0.493 e. The summed E-state index contributed by atoms with van der Waals surface area (Å²) >= 11 is 3.58. The van der Waals surface area contributed by atoms with Gasteiger partial charge in [-0.15, -0.1) is 0 Å². The minimum absolute atomic E-state index is 0.000885. The first kappa shape index (κ1) is 32.1. The van der Waals surface area contributed by atoms with Gasteiger partial charge in [0.1, 0.15) is 0 Å². The second kappa shape index (κ2) is 13.0. The Kier molecular flexibility index (Phi) is 9.05. The zero-order valence-corrected chi connectivity index (χ0v) is 27.0. The second-order valence-electron chi connectivity index (χ2n) is 10.6. The number of aryl methyl sites for hydroxylation is 2. The fraction of sp³-hybridized carbons (Fsp3) is 0.212. The second-order valence-corrected chi connectivity index (χ2v) is 11.5. The molecule has 0 fully saturated rings. The van der Waals surface area contributed by atoms with Crippen LogP contribution in [0.1, 0.15) is 68.1 Å². The van der Waals surface area contributed by atoms with Crippen LogP contribution in [0.4, 0.5) is 0 Å². The Balaban J connectivity index is 1.79. The van der Waals surface area contributed by atoms with Crippen LogP contribution in [0.2, 0.25) is 0 Å². The Bertz CT molecular complexity index is 1970. The number of nitrogens with one attached hydrogen (secondary N) is 2. The summed E-state index contributed by atoms with van der Waals surface area (Å²) < 4.78 is 14.6. The fourth-order valence-corrected chi connectivity index (χ4v) is 6.02. The highest BCUT2D eigenvalue weighted by molar-refractivity contribution is 9.10. The molecular weight excluding hydrogens is 660 g/mol. The molecule has 5 rings (SSSR count). The molecule has 12 nitrogen and oxygen atoms in total. The zero-order chi connectivity index (χ0) is 33.3. The quantitative estimate of drug-likeness (QED) is 0.143. The van der Waals surface area contributed by atoms with Crippen molar-refractivity contribution in [2.75, 3.05) is 13.7 Å². The summed E-state index contributed by atoms with van der Waals surface area (Å²) in [6, 6.07) is 15.4. The maximum absolute atomic E-state index is 14.3. The predicted octanol–water partition coefficient (Wildman–Crippen LogP) is 5.40. The molecule has 0 saturated heterocycles. The van der Waals surface area contributed by atoms with Gasteiger partial charge in [-0.2, -0.15) is 0 Å². The molecule has 46 heavy (non-hydrogen) atoms. The summed E-state index contributed by atoms with van der Waals surface area (Å²) in [5.41, 5.74) is 1.50. The normalized spacial score (nSPS) is 11.2. The highest BCUT2D eigenvalue weighted by Gasteiger charge is 2.32. The van der Waals surface area contributed by atoms with Gasteiger partial charge in [0.05, 0.1) is 51.8 Å². The monoisotopic (exact) mass is 690 g/mol. The lowest BCUT2D eigenvalue weighted by molar-refractivity contribution is 0.0686. The van der Waals surface area contributed by atoms with Crippen molar-refractivity contribution in [3.63, 3.8) is 0 Å². The summed E-state index contributed by atoms with van der Waals surface area (Å²) in [6.07, 6.45) is 0.760. The van der Waals surface area contributed by atoms with Crippen molar-refractivity contribution in [3.8, 4) is 22.9 Å². The van der Waals surface area contributed by atoms with Gasteiger partial charge in [0.2, 0.25) is 0 Å². The van der Waals surface area contributed by atoms with Crippen LogP contribution in [-0.4, -0.2) is 55.4 Å². The van der Waals surface area contributed by atoms with E-state index in [0.29, 0.717) is 50.9 Å². The average molecular weight is 692 g/mol. The van der Waals surface area contributed by atoms with Gasteiger partial charge in [-0.1, -0.05) is 19.1 Å². The molecule has 0 amide bonds. The van der Waals surface area contributed by atoms with Gasteiger partial charge in [-0.05, 0) is 90.3 Å². The summed E-state index contributed by atoms with van der Waals surface area (Å²) in [5, 5.41) is 25.2. The molecule has 0 aliphatic heterocycles. The maximum Gasteiger partial charge on any atom is 0.335 e. The first-order valence-electron chi connectivity index (χ1n) is 14.3. The van der Waals surface area contributed by atoms with Crippen LogP contribution in [0, 0.1) is 13.8 Å². The Morgan fingerprint density at radius 2 is 1.35 bits per heavy atom. The van der Waals surface area contributed by atoms with Crippen molar-refractivity contribution < 1.29 is 29.3 Å². The Hall–Kier alpha value is -5.30. The topological polar surface area (TPSA) is 169 Å². The van der Waals surface area contributed by atoms with E-state index >= 15 is 0 Å². The highest BCUT2D eigenvalue weighted by Crippen LogP contribution is 2.42. The van der Waals surface area contributed by atoms with Crippen molar-refractivity contribution in [2.45, 2.75) is 33.1 Å². The number of aromatic amines is 2. The van der Waals surface area contributed by atoms with Gasteiger partial charge in [0.15, 0.2) is 11.5 Å². The van der Waals surface area contributed by atoms with Crippen LogP contribution < -0.4 is 20.6 Å². The predicted molar refractivity (Wildman–Crippen MR) is 174 cm³/mol. The van der Waals surface area contributed by atoms with Crippen LogP contribution >= 0.6 is 15.9 Å². The molecule has 13 heteroatoms. The molecule has 238 valence electrons. The number of rotatable bonds is 11. The molecule has 0 spiro atoms. The number of aromatic nitrogens is 4. The Morgan fingerprint density at radius 3 is 1.78 bits per heavy atom. The van der Waals surface area contributed by atoms with Crippen LogP contribution in [-0.2, 0) is 0 Å². The number of H-pyrrole nitrogens is 2. The molecule has 5 aromatic rings. The average Bonchev–Trinajstić information content (AvgIpc) is 3.50. The van der Waals surface area contributed by atoms with Crippen LogP contribution in [0.3, 0.4) is 0 Å². The van der Waals surface area contributed by atoms with Crippen LogP contribution in [0.15, 0.2) is 74.7 Å². The Morgan fingerprint density at radius 1 is 0.848 bits per heavy atom. The number of carboxylic acids is 2. The first-order valence-corrected chi connectivity index (χ1v) is 15.1.